The molecule has 3 atom stereocenters. The van der Waals surface area contributed by atoms with Crippen molar-refractivity contribution in [2.24, 2.45) is 5.92 Å². The van der Waals surface area contributed by atoms with E-state index < -0.39 is 17.9 Å². The zero-order chi connectivity index (χ0) is 24.4. The first-order chi connectivity index (χ1) is 17.0. The predicted octanol–water partition coefficient (Wildman–Crippen LogP) is 2.73. The largest absolute Gasteiger partial charge is 0.489 e. The van der Waals surface area contributed by atoms with Crippen LogP contribution in [0.2, 0.25) is 0 Å². The van der Waals surface area contributed by atoms with E-state index in [0.717, 1.165) is 22.0 Å². The van der Waals surface area contributed by atoms with Gasteiger partial charge < -0.3 is 15.0 Å². The number of nitrogens with one attached hydrogen (secondary N) is 1. The second kappa shape index (κ2) is 9.85. The van der Waals surface area contributed by atoms with Gasteiger partial charge in [0.1, 0.15) is 11.9 Å². The second-order valence-corrected chi connectivity index (χ2v) is 9.00. The predicted molar refractivity (Wildman–Crippen MR) is 132 cm³/mol. The molecule has 35 heavy (non-hydrogen) atoms. The summed E-state index contributed by atoms with van der Waals surface area (Å²) >= 11 is 0. The molecule has 8 nitrogen and oxygen atoms in total. The number of carbonyl (C=O) groups excluding carboxylic acids is 2. The molecule has 2 amide bonds. The molecule has 1 fully saturated rings. The van der Waals surface area contributed by atoms with Gasteiger partial charge in [0.25, 0.3) is 5.91 Å². The Morgan fingerprint density at radius 1 is 1.14 bits per heavy atom. The summed E-state index contributed by atoms with van der Waals surface area (Å²) in [6, 6.07) is 18.7. The van der Waals surface area contributed by atoms with Gasteiger partial charge in [0.2, 0.25) is 5.91 Å². The molecule has 0 aliphatic carbocycles. The van der Waals surface area contributed by atoms with Crippen molar-refractivity contribution in [1.82, 2.24) is 20.3 Å². The highest BCUT2D eigenvalue weighted by molar-refractivity contribution is 5.92. The molecule has 5 rings (SSSR count). The Kier molecular flexibility index (Phi) is 6.48. The molecule has 2 aliphatic heterocycles. The van der Waals surface area contributed by atoms with Crippen molar-refractivity contribution in [2.75, 3.05) is 26.7 Å². The van der Waals surface area contributed by atoms with Crippen molar-refractivity contribution in [1.29, 1.82) is 0 Å². The quantitative estimate of drug-likeness (QED) is 0.438. The number of nitrogens with zero attached hydrogens (tertiary/aromatic N) is 3. The highest BCUT2D eigenvalue weighted by Gasteiger charge is 2.43. The molecule has 2 aliphatic rings. The third-order valence-corrected chi connectivity index (χ3v) is 6.64. The number of aromatic nitrogens is 1. The minimum absolute atomic E-state index is 0.150. The molecular formula is C27H28N4O4. The van der Waals surface area contributed by atoms with Crippen LogP contribution >= 0.6 is 0 Å². The lowest BCUT2D eigenvalue weighted by atomic mass is 9.87. The van der Waals surface area contributed by atoms with Crippen molar-refractivity contribution >= 4 is 28.3 Å². The van der Waals surface area contributed by atoms with E-state index in [1.54, 1.807) is 11.1 Å². The number of benzene rings is 2. The molecule has 3 heterocycles. The van der Waals surface area contributed by atoms with Gasteiger partial charge in [-0.3, -0.25) is 19.8 Å². The summed E-state index contributed by atoms with van der Waals surface area (Å²) in [5.41, 5.74) is 3.04. The number of hydroxylamine groups is 2. The summed E-state index contributed by atoms with van der Waals surface area (Å²) in [6.45, 7) is 1.39. The summed E-state index contributed by atoms with van der Waals surface area (Å²) in [5.74, 6) is -0.745. The fourth-order valence-electron chi connectivity index (χ4n) is 4.84. The van der Waals surface area contributed by atoms with E-state index in [4.69, 9.17) is 4.74 Å². The van der Waals surface area contributed by atoms with E-state index in [2.05, 4.69) is 10.3 Å². The fraction of sp³-hybridized carbons (Fsp3) is 0.296. The van der Waals surface area contributed by atoms with E-state index in [0.29, 0.717) is 36.9 Å². The Hall–Kier alpha value is -3.75. The van der Waals surface area contributed by atoms with E-state index in [1.165, 1.54) is 7.05 Å². The van der Waals surface area contributed by atoms with E-state index in [1.807, 2.05) is 66.7 Å². The number of amides is 2. The first kappa shape index (κ1) is 23.0. The van der Waals surface area contributed by atoms with Gasteiger partial charge in [-0.05, 0) is 41.8 Å². The molecule has 0 radical (unpaired) electrons. The van der Waals surface area contributed by atoms with E-state index >= 15 is 0 Å². The van der Waals surface area contributed by atoms with Crippen LogP contribution in [0.5, 0.6) is 5.75 Å². The minimum Gasteiger partial charge on any atom is -0.489 e. The van der Waals surface area contributed by atoms with Crippen LogP contribution in [0.15, 0.2) is 72.9 Å². The van der Waals surface area contributed by atoms with Crippen molar-refractivity contribution in [3.05, 3.63) is 78.5 Å². The highest BCUT2D eigenvalue weighted by Crippen LogP contribution is 2.28. The fourth-order valence-corrected chi connectivity index (χ4v) is 4.84. The lowest BCUT2D eigenvalue weighted by Gasteiger charge is -2.37. The monoisotopic (exact) mass is 472 g/mol. The molecule has 1 aromatic heterocycles. The Balaban J connectivity index is 1.29. The van der Waals surface area contributed by atoms with Gasteiger partial charge in [-0.15, -0.1) is 0 Å². The van der Waals surface area contributed by atoms with Crippen LogP contribution < -0.4 is 10.1 Å². The minimum atomic E-state index is -0.751. The number of piperidine rings is 1. The Morgan fingerprint density at radius 3 is 2.77 bits per heavy atom. The topological polar surface area (TPSA) is 95.0 Å². The molecule has 1 saturated heterocycles. The van der Waals surface area contributed by atoms with Gasteiger partial charge >= 0.3 is 0 Å². The van der Waals surface area contributed by atoms with Gasteiger partial charge in [0.15, 0.2) is 0 Å². The average molecular weight is 473 g/mol. The van der Waals surface area contributed by atoms with Gasteiger partial charge in [0, 0.05) is 38.3 Å². The van der Waals surface area contributed by atoms with Crippen LogP contribution in [0.4, 0.5) is 0 Å². The van der Waals surface area contributed by atoms with Crippen LogP contribution in [0.25, 0.3) is 16.5 Å². The summed E-state index contributed by atoms with van der Waals surface area (Å²) in [7, 11) is 1.29. The third kappa shape index (κ3) is 4.89. The van der Waals surface area contributed by atoms with E-state index in [-0.39, 0.29) is 12.0 Å². The summed E-state index contributed by atoms with van der Waals surface area (Å²) in [4.78, 5) is 32.4. The molecule has 2 N–H and O–H groups in total. The number of hydrogen-bond donors (Lipinski definition) is 2. The van der Waals surface area contributed by atoms with Crippen LogP contribution in [0.3, 0.4) is 0 Å². The molecular weight excluding hydrogens is 444 g/mol. The number of rotatable bonds is 5. The smallest absolute Gasteiger partial charge is 0.251 e. The number of carbonyl (C=O) groups is 2. The lowest BCUT2D eigenvalue weighted by Crippen LogP contribution is -2.60. The lowest BCUT2D eigenvalue weighted by molar-refractivity contribution is -0.169. The molecule has 2 aromatic carbocycles. The van der Waals surface area contributed by atoms with Gasteiger partial charge in [0.05, 0.1) is 17.5 Å². The van der Waals surface area contributed by atoms with Gasteiger partial charge in [-0.25, -0.2) is 5.06 Å². The van der Waals surface area contributed by atoms with Gasteiger partial charge in [-0.1, -0.05) is 42.5 Å². The van der Waals surface area contributed by atoms with Crippen LogP contribution in [0, 0.1) is 5.92 Å². The van der Waals surface area contributed by atoms with E-state index in [9.17, 15) is 14.8 Å². The summed E-state index contributed by atoms with van der Waals surface area (Å²) in [5, 5.41) is 14.7. The molecule has 180 valence electrons. The summed E-state index contributed by atoms with van der Waals surface area (Å²) in [6.07, 6.45) is 3.76. The summed E-state index contributed by atoms with van der Waals surface area (Å²) < 4.78 is 6.17. The maximum atomic E-state index is 13.5. The van der Waals surface area contributed by atoms with Crippen molar-refractivity contribution in [2.45, 2.75) is 18.6 Å². The Morgan fingerprint density at radius 2 is 1.97 bits per heavy atom. The Labute approximate surface area is 203 Å². The zero-order valence-electron chi connectivity index (χ0n) is 19.5. The highest BCUT2D eigenvalue weighted by atomic mass is 16.5. The third-order valence-electron chi connectivity index (χ3n) is 6.64. The molecule has 8 heteroatoms. The first-order valence-corrected chi connectivity index (χ1v) is 11.7. The Bertz CT molecular complexity index is 1260. The van der Waals surface area contributed by atoms with Crippen LogP contribution in [-0.2, 0) is 9.59 Å². The standard InChI is InChI=1S/C27H28N4O4/c1-30(34)26(32)23-15-22(35-21-9-10-24-19(14-21)8-5-12-28-24)16-29-25(23)27(33)31-13-11-20(17-31)18-6-3-2-4-7-18/h2-12,14,22-23,25,29,34H,13,15-17H2,1H3/t22-,23-,25-/m0/s1. The maximum Gasteiger partial charge on any atom is 0.251 e. The molecule has 3 aromatic rings. The number of fused-ring (bicyclic) bond motifs is 1. The first-order valence-electron chi connectivity index (χ1n) is 11.7. The van der Waals surface area contributed by atoms with Crippen molar-refractivity contribution < 1.29 is 19.5 Å². The number of hydrogen-bond acceptors (Lipinski definition) is 6. The van der Waals surface area contributed by atoms with Crippen molar-refractivity contribution in [3.63, 3.8) is 0 Å². The van der Waals surface area contributed by atoms with Crippen molar-refractivity contribution in [3.8, 4) is 5.75 Å². The number of ether oxygens (including phenoxy) is 1. The molecule has 0 spiro atoms. The van der Waals surface area contributed by atoms with Crippen LogP contribution in [-0.4, -0.2) is 70.8 Å². The number of pyridine rings is 1. The molecule has 0 bridgehead atoms. The SMILES string of the molecule is CN(O)C(=O)[C@H]1C[C@H](Oc2ccc3ncccc3c2)CN[C@@H]1C(=O)N1CC=C(c2ccccc2)C1. The molecule has 0 unspecified atom stereocenters. The molecule has 0 saturated carbocycles. The van der Waals surface area contributed by atoms with Gasteiger partial charge in [-0.2, -0.15) is 0 Å². The second-order valence-electron chi connectivity index (χ2n) is 9.00. The normalized spacial score (nSPS) is 22.1. The average Bonchev–Trinajstić information content (AvgIpc) is 3.39. The maximum absolute atomic E-state index is 13.5. The zero-order valence-corrected chi connectivity index (χ0v) is 19.5. The van der Waals surface area contributed by atoms with Crippen LogP contribution in [0.1, 0.15) is 12.0 Å².